The van der Waals surface area contributed by atoms with Crippen LogP contribution in [-0.4, -0.2) is 69.4 Å². The van der Waals surface area contributed by atoms with Gasteiger partial charge in [-0.05, 0) is 50.1 Å². The van der Waals surface area contributed by atoms with E-state index < -0.39 is 39.7 Å². The Labute approximate surface area is 248 Å². The number of carbonyl (C=O) groups is 5. The van der Waals surface area contributed by atoms with Crippen LogP contribution in [-0.2, 0) is 9.53 Å². The fraction of sp³-hybridized carbons (Fsp3) is 0.320. The number of urea groups is 1. The number of nitrogens with zero attached hydrogens (tertiary/aromatic N) is 1. The molecule has 1 unspecified atom stereocenters. The first kappa shape index (κ1) is 31.0. The summed E-state index contributed by atoms with van der Waals surface area (Å²) in [7, 11) is 0. The molecule has 1 aromatic heterocycles. The molecule has 2 aromatic rings. The van der Waals surface area contributed by atoms with E-state index in [2.05, 4.69) is 22.5 Å². The van der Waals surface area contributed by atoms with Gasteiger partial charge in [-0.25, -0.2) is 14.4 Å². The summed E-state index contributed by atoms with van der Waals surface area (Å²) in [5.74, 6) is 3.59. The first-order valence-corrected chi connectivity index (χ1v) is 13.7. The van der Waals surface area contributed by atoms with E-state index in [4.69, 9.17) is 39.5 Å². The van der Waals surface area contributed by atoms with E-state index in [1.807, 2.05) is 5.32 Å². The van der Waals surface area contributed by atoms with Crippen LogP contribution in [0.1, 0.15) is 50.2 Å². The number of piperidine rings is 1. The molecule has 1 aliphatic rings. The van der Waals surface area contributed by atoms with Gasteiger partial charge in [0, 0.05) is 24.7 Å². The van der Waals surface area contributed by atoms with Crippen LogP contribution in [0.15, 0.2) is 30.3 Å². The third-order valence-electron chi connectivity index (χ3n) is 5.42. The van der Waals surface area contributed by atoms with E-state index in [0.29, 0.717) is 35.4 Å². The molecule has 0 saturated carbocycles. The summed E-state index contributed by atoms with van der Waals surface area (Å²) in [5, 5.41) is 16.3. The number of carboxylic acid groups (broad SMARTS) is 1. The number of nitrogens with one attached hydrogen (secondary N) is 3. The molecule has 0 radical (unpaired) electrons. The maximum absolute atomic E-state index is 13.2. The third-order valence-corrected chi connectivity index (χ3v) is 6.99. The van der Waals surface area contributed by atoms with Crippen LogP contribution in [0.3, 0.4) is 0 Å². The highest BCUT2D eigenvalue weighted by Crippen LogP contribution is 2.29. The molecule has 4 N–H and O–H groups in total. The smallest absolute Gasteiger partial charge is 0.407 e. The molecule has 3 rings (SSSR count). The number of thiophene rings is 1. The number of amides is 5. The average Bonchev–Trinajstić information content (AvgIpc) is 3.30. The number of halogens is 3. The molecule has 0 aliphatic carbocycles. The van der Waals surface area contributed by atoms with E-state index in [1.54, 1.807) is 31.2 Å². The molecule has 1 aromatic carbocycles. The van der Waals surface area contributed by atoms with E-state index in [-0.39, 0.29) is 23.7 Å². The SMILES string of the molecule is CCOC(=O)c1ccc(C#Cc2cc(NC(=O)NC(=O)C(Cl)(Cl)Cl)c(C(=O)NC3CCCN(C(=O)O)C3)s2)cc1. The molecule has 11 nitrogen and oxygen atoms in total. The summed E-state index contributed by atoms with van der Waals surface area (Å²) < 4.78 is 2.57. The number of hydrogen-bond donors (Lipinski definition) is 4. The maximum atomic E-state index is 13.2. The second-order valence-corrected chi connectivity index (χ2v) is 11.7. The van der Waals surface area contributed by atoms with Crippen LogP contribution >= 0.6 is 46.1 Å². The van der Waals surface area contributed by atoms with Crippen LogP contribution in [0.25, 0.3) is 0 Å². The molecular formula is C25H23Cl3N4O7S. The second kappa shape index (κ2) is 13.7. The van der Waals surface area contributed by atoms with Crippen LogP contribution in [0, 0.1) is 11.8 Å². The van der Waals surface area contributed by atoms with Gasteiger partial charge in [-0.1, -0.05) is 46.6 Å². The molecule has 15 heteroatoms. The number of esters is 1. The van der Waals surface area contributed by atoms with Gasteiger partial charge < -0.3 is 25.4 Å². The fourth-order valence-corrected chi connectivity index (χ4v) is 4.61. The lowest BCUT2D eigenvalue weighted by molar-refractivity contribution is -0.119. The Morgan fingerprint density at radius 1 is 1.15 bits per heavy atom. The largest absolute Gasteiger partial charge is 0.465 e. The van der Waals surface area contributed by atoms with Crippen molar-refractivity contribution in [3.05, 3.63) is 51.2 Å². The summed E-state index contributed by atoms with van der Waals surface area (Å²) in [5.41, 5.74) is 0.975. The molecule has 40 heavy (non-hydrogen) atoms. The Hall–Kier alpha value is -3.50. The van der Waals surface area contributed by atoms with Gasteiger partial charge in [-0.3, -0.25) is 14.9 Å². The normalized spacial score (nSPS) is 14.8. The van der Waals surface area contributed by atoms with E-state index in [9.17, 15) is 29.1 Å². The molecule has 1 atom stereocenters. The second-order valence-electron chi connectivity index (χ2n) is 8.35. The van der Waals surface area contributed by atoms with E-state index in [1.165, 1.54) is 11.0 Å². The van der Waals surface area contributed by atoms with Crippen LogP contribution in [0.4, 0.5) is 15.3 Å². The Bertz CT molecular complexity index is 1360. The van der Waals surface area contributed by atoms with Crippen molar-refractivity contribution in [1.82, 2.24) is 15.5 Å². The first-order chi connectivity index (χ1) is 18.9. The van der Waals surface area contributed by atoms with Crippen molar-refractivity contribution in [3.8, 4) is 11.8 Å². The van der Waals surface area contributed by atoms with E-state index in [0.717, 1.165) is 11.3 Å². The number of likely N-dealkylation sites (tertiary alicyclic amines) is 1. The quantitative estimate of drug-likeness (QED) is 0.219. The van der Waals surface area contributed by atoms with Gasteiger partial charge in [0.2, 0.25) is 0 Å². The average molecular weight is 630 g/mol. The summed E-state index contributed by atoms with van der Waals surface area (Å²) in [6, 6.07) is 6.34. The molecule has 1 aliphatic heterocycles. The van der Waals surface area contributed by atoms with Crippen LogP contribution < -0.4 is 16.0 Å². The molecular weight excluding hydrogens is 607 g/mol. The zero-order chi connectivity index (χ0) is 29.4. The number of rotatable bonds is 5. The molecule has 1 saturated heterocycles. The summed E-state index contributed by atoms with van der Waals surface area (Å²) in [4.78, 5) is 62.2. The van der Waals surface area contributed by atoms with Gasteiger partial charge in [0.15, 0.2) is 0 Å². The monoisotopic (exact) mass is 628 g/mol. The van der Waals surface area contributed by atoms with Gasteiger partial charge in [-0.15, -0.1) is 11.3 Å². The van der Waals surface area contributed by atoms with Gasteiger partial charge in [0.05, 0.1) is 22.7 Å². The number of carbonyl (C=O) groups excluding carboxylic acids is 4. The number of imide groups is 1. The van der Waals surface area contributed by atoms with Gasteiger partial charge in [0.1, 0.15) is 4.88 Å². The molecule has 212 valence electrons. The minimum atomic E-state index is -2.39. The minimum Gasteiger partial charge on any atom is -0.465 e. The fourth-order valence-electron chi connectivity index (χ4n) is 3.60. The number of hydrogen-bond acceptors (Lipinski definition) is 7. The van der Waals surface area contributed by atoms with Crippen LogP contribution in [0.2, 0.25) is 0 Å². The Morgan fingerprint density at radius 3 is 2.48 bits per heavy atom. The highest BCUT2D eigenvalue weighted by Gasteiger charge is 2.32. The van der Waals surface area contributed by atoms with Crippen molar-refractivity contribution >= 4 is 81.7 Å². The van der Waals surface area contributed by atoms with Gasteiger partial charge in [-0.2, -0.15) is 0 Å². The lowest BCUT2D eigenvalue weighted by atomic mass is 10.1. The van der Waals surface area contributed by atoms with Gasteiger partial charge >= 0.3 is 18.1 Å². The van der Waals surface area contributed by atoms with Crippen molar-refractivity contribution in [2.75, 3.05) is 25.0 Å². The topological polar surface area (TPSA) is 154 Å². The number of ether oxygens (including phenoxy) is 1. The Morgan fingerprint density at radius 2 is 1.85 bits per heavy atom. The van der Waals surface area contributed by atoms with Crippen molar-refractivity contribution in [3.63, 3.8) is 0 Å². The molecule has 2 heterocycles. The third kappa shape index (κ3) is 8.76. The number of anilines is 1. The van der Waals surface area contributed by atoms with Crippen molar-refractivity contribution < 1.29 is 33.8 Å². The number of benzene rings is 1. The van der Waals surface area contributed by atoms with E-state index >= 15 is 0 Å². The summed E-state index contributed by atoms with van der Waals surface area (Å²) in [6.07, 6.45) is 0.0525. The lowest BCUT2D eigenvalue weighted by Gasteiger charge is -2.31. The Balaban J connectivity index is 1.83. The predicted molar refractivity (Wildman–Crippen MR) is 150 cm³/mol. The summed E-state index contributed by atoms with van der Waals surface area (Å²) >= 11 is 17.4. The zero-order valence-electron chi connectivity index (χ0n) is 20.9. The highest BCUT2D eigenvalue weighted by molar-refractivity contribution is 7.15. The van der Waals surface area contributed by atoms with Crippen molar-refractivity contribution in [2.24, 2.45) is 0 Å². The standard InChI is InChI=1S/C25H23Cl3N4O7S/c1-2-39-21(34)15-8-5-14(6-9-15)7-10-17-12-18(30-23(36)31-22(35)25(26,27)28)19(40-17)20(33)29-16-4-3-11-32(13-16)24(37)38/h5-6,8-9,12,16H,2-4,11,13H2,1H3,(H,29,33)(H,37,38)(H2,30,31,35,36). The molecule has 5 amide bonds. The lowest BCUT2D eigenvalue weighted by Crippen LogP contribution is -2.49. The van der Waals surface area contributed by atoms with Crippen molar-refractivity contribution in [2.45, 2.75) is 29.6 Å². The molecule has 0 spiro atoms. The minimum absolute atomic E-state index is 0.0324. The molecule has 1 fully saturated rings. The zero-order valence-corrected chi connectivity index (χ0v) is 24.0. The van der Waals surface area contributed by atoms with Crippen molar-refractivity contribution in [1.29, 1.82) is 0 Å². The van der Waals surface area contributed by atoms with Gasteiger partial charge in [0.25, 0.3) is 15.6 Å². The first-order valence-electron chi connectivity index (χ1n) is 11.8. The highest BCUT2D eigenvalue weighted by atomic mass is 35.6. The Kier molecular flexibility index (Phi) is 10.6. The summed E-state index contributed by atoms with van der Waals surface area (Å²) in [6.45, 7) is 2.44. The number of alkyl halides is 3. The van der Waals surface area contributed by atoms with Crippen LogP contribution in [0.5, 0.6) is 0 Å². The maximum Gasteiger partial charge on any atom is 0.407 e. The molecule has 0 bridgehead atoms. The predicted octanol–water partition coefficient (Wildman–Crippen LogP) is 4.22.